The summed E-state index contributed by atoms with van der Waals surface area (Å²) < 4.78 is 0. The normalized spacial score (nSPS) is 21.8. The molecule has 1 aromatic rings. The molecule has 1 atom stereocenters. The van der Waals surface area contributed by atoms with Crippen LogP contribution < -0.4 is 4.90 Å². The molecule has 4 heteroatoms. The average Bonchev–Trinajstić information content (AvgIpc) is 2.84. The molecule has 1 fully saturated rings. The van der Waals surface area contributed by atoms with Gasteiger partial charge in [0.05, 0.1) is 0 Å². The molecule has 2 rings (SSSR count). The zero-order valence-corrected chi connectivity index (χ0v) is 9.04. The van der Waals surface area contributed by atoms with Crippen LogP contribution in [0, 0.1) is 0 Å². The van der Waals surface area contributed by atoms with Gasteiger partial charge in [0.15, 0.2) is 5.13 Å². The molecule has 1 aromatic heterocycles. The second-order valence-electron chi connectivity index (χ2n) is 3.67. The summed E-state index contributed by atoms with van der Waals surface area (Å²) in [5.74, 6) is 0. The average molecular weight is 212 g/mol. The monoisotopic (exact) mass is 212 g/mol. The number of anilines is 1. The summed E-state index contributed by atoms with van der Waals surface area (Å²) in [6.45, 7) is 1.44. The lowest BCUT2D eigenvalue weighted by atomic mass is 10.1. The molecule has 78 valence electrons. The Labute approximate surface area is 88.4 Å². The Bertz CT molecular complexity index is 263. The Morgan fingerprint density at radius 2 is 2.57 bits per heavy atom. The Balaban J connectivity index is 1.97. The van der Waals surface area contributed by atoms with Gasteiger partial charge in [-0.3, -0.25) is 0 Å². The van der Waals surface area contributed by atoms with Crippen LogP contribution in [0.15, 0.2) is 11.6 Å². The summed E-state index contributed by atoms with van der Waals surface area (Å²) in [6, 6.07) is 0.605. The van der Waals surface area contributed by atoms with Gasteiger partial charge >= 0.3 is 0 Å². The van der Waals surface area contributed by atoms with Crippen molar-refractivity contribution >= 4 is 16.5 Å². The quantitative estimate of drug-likeness (QED) is 0.828. The van der Waals surface area contributed by atoms with Crippen LogP contribution in [0.3, 0.4) is 0 Å². The zero-order chi connectivity index (χ0) is 9.80. The van der Waals surface area contributed by atoms with Gasteiger partial charge < -0.3 is 10.0 Å². The highest BCUT2D eigenvalue weighted by Gasteiger charge is 2.25. The van der Waals surface area contributed by atoms with Gasteiger partial charge in [-0.05, 0) is 25.7 Å². The van der Waals surface area contributed by atoms with Crippen molar-refractivity contribution in [1.29, 1.82) is 0 Å². The molecule has 1 N–H and O–H groups in total. The van der Waals surface area contributed by atoms with E-state index in [1.54, 1.807) is 11.3 Å². The minimum absolute atomic E-state index is 0.308. The highest BCUT2D eigenvalue weighted by molar-refractivity contribution is 7.13. The van der Waals surface area contributed by atoms with Gasteiger partial charge in [-0.1, -0.05) is 0 Å². The number of rotatable bonds is 4. The van der Waals surface area contributed by atoms with Crippen molar-refractivity contribution in [3.05, 3.63) is 11.6 Å². The van der Waals surface area contributed by atoms with E-state index in [1.807, 2.05) is 11.6 Å². The molecule has 0 saturated carbocycles. The third kappa shape index (κ3) is 2.07. The first-order valence-electron chi connectivity index (χ1n) is 5.19. The fraction of sp³-hybridized carbons (Fsp3) is 0.700. The number of hydrogen-bond donors (Lipinski definition) is 1. The third-order valence-electron chi connectivity index (χ3n) is 2.74. The number of hydrogen-bond acceptors (Lipinski definition) is 4. The maximum absolute atomic E-state index is 8.81. The topological polar surface area (TPSA) is 36.4 Å². The Hall–Kier alpha value is -0.610. The van der Waals surface area contributed by atoms with E-state index in [9.17, 15) is 0 Å². The largest absolute Gasteiger partial charge is 0.396 e. The minimum Gasteiger partial charge on any atom is -0.396 e. The predicted octanol–water partition coefficient (Wildman–Crippen LogP) is 1.88. The fourth-order valence-corrected chi connectivity index (χ4v) is 2.81. The van der Waals surface area contributed by atoms with E-state index in [1.165, 1.54) is 12.8 Å². The van der Waals surface area contributed by atoms with E-state index in [0.717, 1.165) is 24.5 Å². The molecule has 0 aliphatic carbocycles. The lowest BCUT2D eigenvalue weighted by molar-refractivity contribution is 0.279. The standard InChI is InChI=1S/C10H16N2OS/c13-7-2-4-9-3-1-6-12(9)10-11-5-8-14-10/h5,8-9,13H,1-4,6-7H2. The van der Waals surface area contributed by atoms with Gasteiger partial charge in [-0.25, -0.2) is 4.98 Å². The molecule has 1 aliphatic rings. The predicted molar refractivity (Wildman–Crippen MR) is 58.8 cm³/mol. The molecule has 0 aromatic carbocycles. The van der Waals surface area contributed by atoms with Crippen LogP contribution in [0.2, 0.25) is 0 Å². The minimum atomic E-state index is 0.308. The highest BCUT2D eigenvalue weighted by atomic mass is 32.1. The number of nitrogens with zero attached hydrogens (tertiary/aromatic N) is 2. The van der Waals surface area contributed by atoms with Gasteiger partial charge in [-0.15, -0.1) is 11.3 Å². The molecule has 2 heterocycles. The summed E-state index contributed by atoms with van der Waals surface area (Å²) in [4.78, 5) is 6.73. The maximum Gasteiger partial charge on any atom is 0.185 e. The van der Waals surface area contributed by atoms with Crippen molar-refractivity contribution in [3.63, 3.8) is 0 Å². The number of aliphatic hydroxyl groups excluding tert-OH is 1. The first-order valence-corrected chi connectivity index (χ1v) is 6.07. The first kappa shape index (κ1) is 9.93. The Morgan fingerprint density at radius 3 is 3.29 bits per heavy atom. The molecule has 0 spiro atoms. The van der Waals surface area contributed by atoms with Crippen LogP contribution in [0.5, 0.6) is 0 Å². The van der Waals surface area contributed by atoms with E-state index in [4.69, 9.17) is 5.11 Å². The smallest absolute Gasteiger partial charge is 0.185 e. The van der Waals surface area contributed by atoms with Crippen molar-refractivity contribution in [3.8, 4) is 0 Å². The molecule has 0 radical (unpaired) electrons. The van der Waals surface area contributed by atoms with E-state index >= 15 is 0 Å². The van der Waals surface area contributed by atoms with E-state index < -0.39 is 0 Å². The Kier molecular flexibility index (Phi) is 3.37. The van der Waals surface area contributed by atoms with Crippen molar-refractivity contribution in [2.75, 3.05) is 18.1 Å². The molecule has 14 heavy (non-hydrogen) atoms. The molecule has 0 bridgehead atoms. The van der Waals surface area contributed by atoms with E-state index in [2.05, 4.69) is 9.88 Å². The SMILES string of the molecule is OCCCC1CCCN1c1nccs1. The van der Waals surface area contributed by atoms with E-state index in [-0.39, 0.29) is 0 Å². The third-order valence-corrected chi connectivity index (χ3v) is 3.55. The van der Waals surface area contributed by atoms with Crippen LogP contribution in [0.4, 0.5) is 5.13 Å². The second-order valence-corrected chi connectivity index (χ2v) is 4.54. The van der Waals surface area contributed by atoms with Crippen LogP contribution in [-0.4, -0.2) is 29.3 Å². The van der Waals surface area contributed by atoms with E-state index in [0.29, 0.717) is 12.6 Å². The first-order chi connectivity index (χ1) is 6.92. The molecule has 1 saturated heterocycles. The summed E-state index contributed by atoms with van der Waals surface area (Å²) in [6.07, 6.45) is 6.37. The summed E-state index contributed by atoms with van der Waals surface area (Å²) in [5, 5.41) is 12.0. The van der Waals surface area contributed by atoms with Gasteiger partial charge in [0.25, 0.3) is 0 Å². The molecule has 1 aliphatic heterocycles. The van der Waals surface area contributed by atoms with Gasteiger partial charge in [0, 0.05) is 30.8 Å². The molecular formula is C10H16N2OS. The molecule has 0 amide bonds. The Morgan fingerprint density at radius 1 is 1.64 bits per heavy atom. The molecule has 1 unspecified atom stereocenters. The lowest BCUT2D eigenvalue weighted by Gasteiger charge is -2.23. The number of aliphatic hydroxyl groups is 1. The molecule has 3 nitrogen and oxygen atoms in total. The highest BCUT2D eigenvalue weighted by Crippen LogP contribution is 2.29. The fourth-order valence-electron chi connectivity index (χ4n) is 2.07. The van der Waals surface area contributed by atoms with Gasteiger partial charge in [-0.2, -0.15) is 0 Å². The summed E-state index contributed by atoms with van der Waals surface area (Å²) >= 11 is 1.71. The van der Waals surface area contributed by atoms with Crippen molar-refractivity contribution < 1.29 is 5.11 Å². The van der Waals surface area contributed by atoms with Crippen molar-refractivity contribution in [2.45, 2.75) is 31.7 Å². The maximum atomic E-state index is 8.81. The van der Waals surface area contributed by atoms with Crippen LogP contribution in [-0.2, 0) is 0 Å². The lowest BCUT2D eigenvalue weighted by Crippen LogP contribution is -2.29. The van der Waals surface area contributed by atoms with Crippen molar-refractivity contribution in [2.24, 2.45) is 0 Å². The van der Waals surface area contributed by atoms with Gasteiger partial charge in [0.2, 0.25) is 0 Å². The zero-order valence-electron chi connectivity index (χ0n) is 8.22. The van der Waals surface area contributed by atoms with Crippen LogP contribution in [0.25, 0.3) is 0 Å². The summed E-state index contributed by atoms with van der Waals surface area (Å²) in [5.41, 5.74) is 0. The molecular weight excluding hydrogens is 196 g/mol. The van der Waals surface area contributed by atoms with Crippen molar-refractivity contribution in [1.82, 2.24) is 4.98 Å². The number of aromatic nitrogens is 1. The van der Waals surface area contributed by atoms with Crippen LogP contribution in [0.1, 0.15) is 25.7 Å². The number of thiazole rings is 1. The van der Waals surface area contributed by atoms with Crippen LogP contribution >= 0.6 is 11.3 Å². The summed E-state index contributed by atoms with van der Waals surface area (Å²) in [7, 11) is 0. The second kappa shape index (κ2) is 4.75. The van der Waals surface area contributed by atoms with Gasteiger partial charge in [0.1, 0.15) is 0 Å².